The van der Waals surface area contributed by atoms with Gasteiger partial charge < -0.3 is 16.1 Å². The van der Waals surface area contributed by atoms with Crippen LogP contribution in [0.25, 0.3) is 0 Å². The predicted octanol–water partition coefficient (Wildman–Crippen LogP) is 1.65. The van der Waals surface area contributed by atoms with Crippen LogP contribution >= 0.6 is 11.9 Å². The Morgan fingerprint density at radius 2 is 1.85 bits per heavy atom. The number of halogens is 3. The highest BCUT2D eigenvalue weighted by Crippen LogP contribution is 2.43. The summed E-state index contributed by atoms with van der Waals surface area (Å²) in [4.78, 5) is 14.1. The van der Waals surface area contributed by atoms with E-state index in [0.717, 1.165) is 30.9 Å². The van der Waals surface area contributed by atoms with Gasteiger partial charge in [-0.25, -0.2) is 4.31 Å². The Morgan fingerprint density at radius 3 is 2.42 bits per heavy atom. The monoisotopic (exact) mass is 387 g/mol. The van der Waals surface area contributed by atoms with Crippen LogP contribution in [0.4, 0.5) is 13.2 Å². The summed E-state index contributed by atoms with van der Waals surface area (Å²) in [6.07, 6.45) is -1.51. The lowest BCUT2D eigenvalue weighted by Gasteiger charge is -2.40. The molecule has 6 nitrogen and oxygen atoms in total. The summed E-state index contributed by atoms with van der Waals surface area (Å²) >= 11 is 1.13. The number of carbonyl (C=O) groups is 1. The number of likely N-dealkylation sites (tertiary alicyclic amines) is 1. The Bertz CT molecular complexity index is 697. The van der Waals surface area contributed by atoms with Gasteiger partial charge in [-0.15, -0.1) is 0 Å². The van der Waals surface area contributed by atoms with E-state index in [1.807, 2.05) is 4.31 Å². The minimum atomic E-state index is -4.39. The van der Waals surface area contributed by atoms with Gasteiger partial charge in [0.25, 0.3) is 5.91 Å². The maximum Gasteiger partial charge on any atom is 0.417 e. The summed E-state index contributed by atoms with van der Waals surface area (Å²) in [6, 6.07) is 5.54. The molecule has 2 unspecified atom stereocenters. The van der Waals surface area contributed by atoms with Crippen LogP contribution in [0, 0.1) is 0 Å². The number of carbonyl (C=O) groups excluding carboxylic acids is 1. The van der Waals surface area contributed by atoms with Gasteiger partial charge in [0, 0.05) is 36.3 Å². The van der Waals surface area contributed by atoms with Crippen molar-refractivity contribution in [2.24, 2.45) is 11.6 Å². The van der Waals surface area contributed by atoms with Crippen molar-refractivity contribution >= 4 is 17.9 Å². The standard InChI is InChI=1S/C16H20F3N5OS/c17-16(18,19)12-3-1-2-4-14(12)26-24-10-5-6-11(24)9-23(8-10)15(25)13(20)7-22-21/h1-4,7,10-11,22H,5-6,8-9,20-21H2/b13-7-. The van der Waals surface area contributed by atoms with Crippen molar-refractivity contribution in [3.8, 4) is 0 Å². The molecule has 3 rings (SSSR count). The van der Waals surface area contributed by atoms with Gasteiger partial charge >= 0.3 is 6.18 Å². The first-order valence-corrected chi connectivity index (χ1v) is 8.92. The van der Waals surface area contributed by atoms with Gasteiger partial charge in [-0.05, 0) is 36.9 Å². The highest BCUT2D eigenvalue weighted by atomic mass is 32.2. The molecular formula is C16H20F3N5OS. The summed E-state index contributed by atoms with van der Waals surface area (Å²) < 4.78 is 41.7. The average Bonchev–Trinajstić information content (AvgIpc) is 2.82. The van der Waals surface area contributed by atoms with Crippen molar-refractivity contribution in [1.82, 2.24) is 14.6 Å². The fourth-order valence-electron chi connectivity index (χ4n) is 3.41. The van der Waals surface area contributed by atoms with Gasteiger partial charge in [0.1, 0.15) is 5.70 Å². The molecule has 2 saturated heterocycles. The van der Waals surface area contributed by atoms with E-state index >= 15 is 0 Å². The van der Waals surface area contributed by atoms with Crippen LogP contribution in [0.1, 0.15) is 18.4 Å². The summed E-state index contributed by atoms with van der Waals surface area (Å²) in [6.45, 7) is 0.852. The van der Waals surface area contributed by atoms with Crippen molar-refractivity contribution in [3.63, 3.8) is 0 Å². The maximum atomic E-state index is 13.2. The van der Waals surface area contributed by atoms with Crippen molar-refractivity contribution in [1.29, 1.82) is 0 Å². The third-order valence-electron chi connectivity index (χ3n) is 4.58. The topological polar surface area (TPSA) is 87.6 Å². The minimum Gasteiger partial charge on any atom is -0.393 e. The number of benzene rings is 1. The molecule has 0 aliphatic carbocycles. The Morgan fingerprint density at radius 1 is 1.23 bits per heavy atom. The Hall–Kier alpha value is -1.91. The number of hydrazine groups is 1. The van der Waals surface area contributed by atoms with E-state index in [1.54, 1.807) is 11.0 Å². The second kappa shape index (κ2) is 7.37. The fraction of sp³-hybridized carbons (Fsp3) is 0.438. The molecule has 0 aromatic heterocycles. The minimum absolute atomic E-state index is 0.00965. The average molecular weight is 387 g/mol. The predicted molar refractivity (Wildman–Crippen MR) is 92.1 cm³/mol. The molecule has 2 fully saturated rings. The van der Waals surface area contributed by atoms with E-state index in [0.29, 0.717) is 13.1 Å². The van der Waals surface area contributed by atoms with E-state index in [2.05, 4.69) is 5.43 Å². The number of hydrogen-bond acceptors (Lipinski definition) is 6. The van der Waals surface area contributed by atoms with Crippen molar-refractivity contribution in [2.75, 3.05) is 13.1 Å². The third-order valence-corrected chi connectivity index (χ3v) is 5.94. The molecule has 0 spiro atoms. The smallest absolute Gasteiger partial charge is 0.393 e. The van der Waals surface area contributed by atoms with Crippen molar-refractivity contribution < 1.29 is 18.0 Å². The van der Waals surface area contributed by atoms with Gasteiger partial charge in [0.2, 0.25) is 0 Å². The number of nitrogens with zero attached hydrogens (tertiary/aromatic N) is 2. The van der Waals surface area contributed by atoms with Gasteiger partial charge in [-0.2, -0.15) is 13.2 Å². The third kappa shape index (κ3) is 3.76. The van der Waals surface area contributed by atoms with Crippen LogP contribution in [0.15, 0.2) is 41.1 Å². The normalized spacial score (nSPS) is 24.0. The quantitative estimate of drug-likeness (QED) is 0.315. The molecule has 10 heteroatoms. The fourth-order valence-corrected chi connectivity index (χ4v) is 4.70. The molecule has 1 aromatic carbocycles. The second-order valence-electron chi connectivity index (χ2n) is 6.31. The van der Waals surface area contributed by atoms with Crippen LogP contribution in [0.2, 0.25) is 0 Å². The molecular weight excluding hydrogens is 367 g/mol. The van der Waals surface area contributed by atoms with E-state index in [1.165, 1.54) is 18.3 Å². The number of piperazine rings is 1. The number of alkyl halides is 3. The lowest BCUT2D eigenvalue weighted by molar-refractivity contribution is -0.139. The first-order valence-electron chi connectivity index (χ1n) is 8.15. The molecule has 2 atom stereocenters. The first kappa shape index (κ1) is 18.9. The highest BCUT2D eigenvalue weighted by molar-refractivity contribution is 7.97. The Labute approximate surface area is 153 Å². The zero-order valence-corrected chi connectivity index (χ0v) is 14.7. The summed E-state index contributed by atoms with van der Waals surface area (Å²) in [5.74, 6) is 4.82. The van der Waals surface area contributed by atoms with Crippen molar-refractivity contribution in [3.05, 3.63) is 41.7 Å². The molecule has 2 aliphatic heterocycles. The molecule has 2 bridgehead atoms. The number of rotatable bonds is 4. The van der Waals surface area contributed by atoms with Gasteiger partial charge in [0.15, 0.2) is 0 Å². The molecule has 1 aromatic rings. The number of amides is 1. The van der Waals surface area contributed by atoms with E-state index in [4.69, 9.17) is 11.6 Å². The van der Waals surface area contributed by atoms with Crippen LogP contribution in [-0.4, -0.2) is 40.3 Å². The molecule has 2 heterocycles. The van der Waals surface area contributed by atoms with E-state index in [-0.39, 0.29) is 28.6 Å². The maximum absolute atomic E-state index is 13.2. The van der Waals surface area contributed by atoms with Gasteiger partial charge in [-0.1, -0.05) is 12.1 Å². The van der Waals surface area contributed by atoms with Gasteiger partial charge in [0.05, 0.1) is 5.56 Å². The molecule has 0 saturated carbocycles. The van der Waals surface area contributed by atoms with Gasteiger partial charge in [-0.3, -0.25) is 10.6 Å². The second-order valence-corrected chi connectivity index (χ2v) is 7.35. The summed E-state index contributed by atoms with van der Waals surface area (Å²) in [7, 11) is 0. The lowest BCUT2D eigenvalue weighted by atomic mass is 10.2. The Balaban J connectivity index is 1.74. The zero-order chi connectivity index (χ0) is 18.9. The largest absolute Gasteiger partial charge is 0.417 e. The molecule has 2 aliphatic rings. The number of hydrogen-bond donors (Lipinski definition) is 3. The molecule has 5 N–H and O–H groups in total. The summed E-state index contributed by atoms with van der Waals surface area (Å²) in [5, 5.41) is 0. The zero-order valence-electron chi connectivity index (χ0n) is 13.9. The number of nitrogens with two attached hydrogens (primary N) is 2. The van der Waals surface area contributed by atoms with Crippen molar-refractivity contribution in [2.45, 2.75) is 36.0 Å². The van der Waals surface area contributed by atoms with Crippen LogP contribution in [-0.2, 0) is 11.0 Å². The van der Waals surface area contributed by atoms with Crippen LogP contribution < -0.4 is 17.0 Å². The highest BCUT2D eigenvalue weighted by Gasteiger charge is 2.43. The van der Waals surface area contributed by atoms with E-state index < -0.39 is 11.7 Å². The number of nitrogens with one attached hydrogen (secondary N) is 1. The van der Waals surface area contributed by atoms with Crippen LogP contribution in [0.5, 0.6) is 0 Å². The molecule has 1 amide bonds. The van der Waals surface area contributed by atoms with Crippen LogP contribution in [0.3, 0.4) is 0 Å². The number of fused-ring (bicyclic) bond motifs is 2. The SMILES string of the molecule is NN/C=C(\N)C(=O)N1CC2CCC(C1)N2Sc1ccccc1C(F)(F)F. The lowest BCUT2D eigenvalue weighted by Crippen LogP contribution is -2.53. The first-order chi connectivity index (χ1) is 12.3. The Kier molecular flexibility index (Phi) is 5.35. The summed E-state index contributed by atoms with van der Waals surface area (Å²) in [5.41, 5.74) is 7.29. The van der Waals surface area contributed by atoms with E-state index in [9.17, 15) is 18.0 Å². The molecule has 142 valence electrons. The molecule has 0 radical (unpaired) electrons. The molecule has 26 heavy (non-hydrogen) atoms.